The van der Waals surface area contributed by atoms with Crippen LogP contribution in [0.1, 0.15) is 82.6 Å². The minimum Gasteiger partial charge on any atom is -0.486 e. The van der Waals surface area contributed by atoms with Gasteiger partial charge in [-0.1, -0.05) is 75.8 Å². The lowest BCUT2D eigenvalue weighted by Crippen LogP contribution is -2.13. The number of hydrogen-bond donors (Lipinski definition) is 0. The molecule has 186 valence electrons. The van der Waals surface area contributed by atoms with Crippen molar-refractivity contribution in [1.82, 2.24) is 0 Å². The quantitative estimate of drug-likeness (QED) is 0.178. The largest absolute Gasteiger partial charge is 0.486 e. The highest BCUT2D eigenvalue weighted by Crippen LogP contribution is 2.38. The molecule has 0 spiro atoms. The van der Waals surface area contributed by atoms with Crippen molar-refractivity contribution in [3.8, 4) is 16.9 Å². The van der Waals surface area contributed by atoms with E-state index < -0.39 is 12.0 Å². The van der Waals surface area contributed by atoms with Gasteiger partial charge in [0, 0.05) is 6.08 Å². The Morgan fingerprint density at radius 2 is 1.56 bits per heavy atom. The van der Waals surface area contributed by atoms with Crippen molar-refractivity contribution in [3.63, 3.8) is 0 Å². The Labute approximate surface area is 201 Å². The van der Waals surface area contributed by atoms with Gasteiger partial charge in [-0.15, -0.1) is 0 Å². The highest BCUT2D eigenvalue weighted by molar-refractivity contribution is 5.64. The van der Waals surface area contributed by atoms with E-state index in [0.29, 0.717) is 11.5 Å². The maximum Gasteiger partial charge on any atom is 0.409 e. The fourth-order valence-electron chi connectivity index (χ4n) is 4.89. The van der Waals surface area contributed by atoms with E-state index in [4.69, 9.17) is 4.74 Å². The van der Waals surface area contributed by atoms with Gasteiger partial charge in [-0.25, -0.2) is 4.39 Å². The maximum absolute atomic E-state index is 14.4. The summed E-state index contributed by atoms with van der Waals surface area (Å²) in [6.45, 7) is 1.91. The van der Waals surface area contributed by atoms with Crippen LogP contribution in [0.5, 0.6) is 5.75 Å². The molecule has 0 heterocycles. The predicted molar refractivity (Wildman–Crippen MR) is 131 cm³/mol. The number of rotatable bonds is 11. The molecule has 34 heavy (non-hydrogen) atoms. The second-order valence-corrected chi connectivity index (χ2v) is 9.44. The van der Waals surface area contributed by atoms with Crippen molar-refractivity contribution in [1.29, 1.82) is 0 Å². The van der Waals surface area contributed by atoms with Gasteiger partial charge in [-0.2, -0.15) is 13.2 Å². The molecule has 0 unspecified atom stereocenters. The lowest BCUT2D eigenvalue weighted by atomic mass is 9.77. The van der Waals surface area contributed by atoms with Crippen LogP contribution < -0.4 is 4.74 Å². The normalized spacial score (nSPS) is 19.0. The molecule has 0 aliphatic heterocycles. The molecule has 0 amide bonds. The molecule has 1 nitrogen and oxygen atoms in total. The van der Waals surface area contributed by atoms with Gasteiger partial charge < -0.3 is 4.74 Å². The molecule has 1 aliphatic carbocycles. The minimum absolute atomic E-state index is 0.0608. The number of unbranched alkanes of at least 4 members (excludes halogenated alkanes) is 4. The van der Waals surface area contributed by atoms with E-state index in [0.717, 1.165) is 17.6 Å². The van der Waals surface area contributed by atoms with Gasteiger partial charge in [-0.3, -0.25) is 0 Å². The third-order valence-corrected chi connectivity index (χ3v) is 6.85. The van der Waals surface area contributed by atoms with Gasteiger partial charge in [-0.05, 0) is 72.4 Å². The number of benzene rings is 2. The van der Waals surface area contributed by atoms with Crippen molar-refractivity contribution in [2.24, 2.45) is 5.92 Å². The summed E-state index contributed by atoms with van der Waals surface area (Å²) >= 11 is 0. The van der Waals surface area contributed by atoms with Crippen molar-refractivity contribution >= 4 is 0 Å². The van der Waals surface area contributed by atoms with Crippen molar-refractivity contribution in [2.45, 2.75) is 83.2 Å². The summed E-state index contributed by atoms with van der Waals surface area (Å²) in [6, 6.07) is 12.9. The smallest absolute Gasteiger partial charge is 0.409 e. The highest BCUT2D eigenvalue weighted by atomic mass is 19.4. The van der Waals surface area contributed by atoms with E-state index in [1.54, 1.807) is 6.07 Å². The first-order valence-electron chi connectivity index (χ1n) is 12.6. The molecule has 5 heteroatoms. The van der Waals surface area contributed by atoms with E-state index >= 15 is 0 Å². The van der Waals surface area contributed by atoms with Crippen LogP contribution in [0.3, 0.4) is 0 Å². The number of alkyl halides is 3. The molecule has 1 fully saturated rings. The van der Waals surface area contributed by atoms with Crippen LogP contribution in [0, 0.1) is 11.7 Å². The van der Waals surface area contributed by atoms with E-state index in [2.05, 4.69) is 19.1 Å². The highest BCUT2D eigenvalue weighted by Gasteiger charge is 2.22. The molecule has 3 rings (SSSR count). The molecule has 0 N–H and O–H groups in total. The van der Waals surface area contributed by atoms with E-state index in [-0.39, 0.29) is 18.4 Å². The van der Waals surface area contributed by atoms with Gasteiger partial charge in [0.15, 0.2) is 11.6 Å². The van der Waals surface area contributed by atoms with Gasteiger partial charge in [0.2, 0.25) is 0 Å². The first-order chi connectivity index (χ1) is 16.4. The van der Waals surface area contributed by atoms with Crippen LogP contribution in [0.4, 0.5) is 17.6 Å². The van der Waals surface area contributed by atoms with Gasteiger partial charge >= 0.3 is 6.18 Å². The van der Waals surface area contributed by atoms with Crippen LogP contribution in [0.2, 0.25) is 0 Å². The van der Waals surface area contributed by atoms with Crippen LogP contribution >= 0.6 is 0 Å². The predicted octanol–water partition coefficient (Wildman–Crippen LogP) is 9.62. The van der Waals surface area contributed by atoms with Crippen molar-refractivity contribution in [2.75, 3.05) is 6.61 Å². The van der Waals surface area contributed by atoms with Gasteiger partial charge in [0.1, 0.15) is 6.61 Å². The molecule has 0 saturated heterocycles. The van der Waals surface area contributed by atoms with Crippen molar-refractivity contribution < 1.29 is 22.3 Å². The molecule has 2 aromatic carbocycles. The number of hydrogen-bond acceptors (Lipinski definition) is 1. The zero-order chi connectivity index (χ0) is 24.4. The topological polar surface area (TPSA) is 9.23 Å². The number of allylic oxidation sites excluding steroid dienone is 1. The van der Waals surface area contributed by atoms with Gasteiger partial charge in [0.25, 0.3) is 0 Å². The van der Waals surface area contributed by atoms with Crippen LogP contribution in [0.25, 0.3) is 11.1 Å². The summed E-state index contributed by atoms with van der Waals surface area (Å²) in [5.41, 5.74) is 2.97. The maximum atomic E-state index is 14.4. The second-order valence-electron chi connectivity index (χ2n) is 9.44. The average molecular weight is 477 g/mol. The summed E-state index contributed by atoms with van der Waals surface area (Å²) in [6.07, 6.45) is 9.76. The lowest BCUT2D eigenvalue weighted by molar-refractivity contribution is -0.0801. The molecular weight excluding hydrogens is 440 g/mol. The third-order valence-electron chi connectivity index (χ3n) is 6.85. The fraction of sp³-hybridized carbons (Fsp3) is 0.517. The Morgan fingerprint density at radius 1 is 0.882 bits per heavy atom. The van der Waals surface area contributed by atoms with Crippen LogP contribution in [0.15, 0.2) is 54.6 Å². The molecule has 0 aromatic heterocycles. The summed E-state index contributed by atoms with van der Waals surface area (Å²) in [4.78, 5) is 0. The van der Waals surface area contributed by atoms with E-state index in [9.17, 15) is 17.6 Å². The monoisotopic (exact) mass is 476 g/mol. The summed E-state index contributed by atoms with van der Waals surface area (Å²) in [7, 11) is 0. The third kappa shape index (κ3) is 8.48. The molecule has 0 bridgehead atoms. The van der Waals surface area contributed by atoms with Gasteiger partial charge in [0.05, 0.1) is 0 Å². The van der Waals surface area contributed by atoms with E-state index in [1.807, 2.05) is 12.1 Å². The first-order valence-corrected chi connectivity index (χ1v) is 12.6. The SMILES string of the molecule is CCCCCCCC1CCC(c2ccc(-c3ccc(OCC=CC(F)(F)F)c(F)c3)cc2)CC1. The zero-order valence-corrected chi connectivity index (χ0v) is 20.0. The number of ether oxygens (including phenoxy) is 1. The summed E-state index contributed by atoms with van der Waals surface area (Å²) in [5.74, 6) is 0.830. The zero-order valence-electron chi connectivity index (χ0n) is 20.0. The Kier molecular flexibility index (Phi) is 10.0. The molecule has 2 aromatic rings. The first kappa shape index (κ1) is 26.3. The molecule has 1 aliphatic rings. The Hall–Kier alpha value is -2.30. The Morgan fingerprint density at radius 3 is 2.21 bits per heavy atom. The minimum atomic E-state index is -4.40. The molecule has 1 saturated carbocycles. The standard InChI is InChI=1S/C29H36F4O/c1-2-3-4-5-6-8-22-9-11-23(12-10-22)24-13-15-25(16-14-24)26-17-18-28(27(30)21-26)34-20-7-19-29(31,32)33/h7,13-19,21-23H,2-6,8-12,20H2,1H3. The number of halogens is 4. The molecule has 0 atom stereocenters. The van der Waals surface area contributed by atoms with Crippen LogP contribution in [-0.2, 0) is 0 Å². The Bertz CT molecular complexity index is 893. The fourth-order valence-corrected chi connectivity index (χ4v) is 4.89. The van der Waals surface area contributed by atoms with Crippen molar-refractivity contribution in [3.05, 3.63) is 66.0 Å². The second kappa shape index (κ2) is 13.0. The molecular formula is C29H36F4O. The summed E-state index contributed by atoms with van der Waals surface area (Å²) in [5, 5.41) is 0. The molecule has 0 radical (unpaired) electrons. The lowest BCUT2D eigenvalue weighted by Gasteiger charge is -2.29. The average Bonchev–Trinajstić information content (AvgIpc) is 2.82. The van der Waals surface area contributed by atoms with Crippen LogP contribution in [-0.4, -0.2) is 12.8 Å². The summed E-state index contributed by atoms with van der Waals surface area (Å²) < 4.78 is 55.9. The van der Waals surface area contributed by atoms with E-state index in [1.165, 1.54) is 81.9 Å². The Balaban J connectivity index is 1.49.